The highest BCUT2D eigenvalue weighted by Crippen LogP contribution is 2.09. The molecule has 0 fully saturated rings. The quantitative estimate of drug-likeness (QED) is 0.745. The van der Waals surface area contributed by atoms with Gasteiger partial charge in [-0.2, -0.15) is 5.10 Å². The highest BCUT2D eigenvalue weighted by atomic mass is 16.2. The topological polar surface area (TPSA) is 97.9 Å². The molecule has 20 heavy (non-hydrogen) atoms. The number of carbonyl (C=O) groups is 1. The van der Waals surface area contributed by atoms with Gasteiger partial charge in [0.15, 0.2) is 5.82 Å². The molecular weight excluding hydrogens is 256 g/mol. The van der Waals surface area contributed by atoms with E-state index in [9.17, 15) is 4.79 Å². The summed E-state index contributed by atoms with van der Waals surface area (Å²) in [5.41, 5.74) is 7.25. The Hall–Kier alpha value is -2.41. The van der Waals surface area contributed by atoms with Gasteiger partial charge in [-0.1, -0.05) is 12.1 Å². The molecule has 0 radical (unpaired) electrons. The van der Waals surface area contributed by atoms with Crippen molar-refractivity contribution >= 4 is 11.7 Å². The number of nitrogens with two attached hydrogens (primary N) is 1. The van der Waals surface area contributed by atoms with E-state index >= 15 is 0 Å². The molecule has 2 aromatic rings. The van der Waals surface area contributed by atoms with Crippen LogP contribution in [0, 0.1) is 0 Å². The van der Waals surface area contributed by atoms with Gasteiger partial charge >= 0.3 is 6.03 Å². The first-order chi connectivity index (χ1) is 9.67. The normalized spacial score (nSPS) is 10.3. The Morgan fingerprint density at radius 3 is 3.00 bits per heavy atom. The summed E-state index contributed by atoms with van der Waals surface area (Å²) >= 11 is 0. The summed E-state index contributed by atoms with van der Waals surface area (Å²) < 4.78 is 1.63. The zero-order valence-corrected chi connectivity index (χ0v) is 11.3. The average molecular weight is 274 g/mol. The minimum Gasteiger partial charge on any atom is -0.337 e. The van der Waals surface area contributed by atoms with Gasteiger partial charge in [0.1, 0.15) is 6.33 Å². The SMILES string of the molecule is Cn1cnc(CCNC(=O)Nc2cccc(CN)c2)n1. The fourth-order valence-electron chi connectivity index (χ4n) is 1.74. The third kappa shape index (κ3) is 4.06. The van der Waals surface area contributed by atoms with Gasteiger partial charge in [-0.15, -0.1) is 0 Å². The van der Waals surface area contributed by atoms with E-state index in [1.165, 1.54) is 0 Å². The van der Waals surface area contributed by atoms with Gasteiger partial charge in [-0.25, -0.2) is 9.78 Å². The Kier molecular flexibility index (Phi) is 4.67. The van der Waals surface area contributed by atoms with Crippen LogP contribution in [0.5, 0.6) is 0 Å². The van der Waals surface area contributed by atoms with E-state index in [1.54, 1.807) is 18.1 Å². The standard InChI is InChI=1S/C13H18N6O/c1-19-9-16-12(18-19)5-6-15-13(20)17-11-4-2-3-10(7-11)8-14/h2-4,7,9H,5-6,8,14H2,1H3,(H2,15,17,20). The van der Waals surface area contributed by atoms with Crippen LogP contribution in [0.15, 0.2) is 30.6 Å². The van der Waals surface area contributed by atoms with Gasteiger partial charge in [-0.3, -0.25) is 4.68 Å². The number of aryl methyl sites for hydroxylation is 1. The van der Waals surface area contributed by atoms with Crippen LogP contribution < -0.4 is 16.4 Å². The molecule has 0 saturated heterocycles. The highest BCUT2D eigenvalue weighted by Gasteiger charge is 2.03. The van der Waals surface area contributed by atoms with Crippen LogP contribution in [0.25, 0.3) is 0 Å². The van der Waals surface area contributed by atoms with Gasteiger partial charge in [0.2, 0.25) is 0 Å². The summed E-state index contributed by atoms with van der Waals surface area (Å²) in [6, 6.07) is 7.18. The lowest BCUT2D eigenvalue weighted by atomic mass is 10.2. The number of hydrogen-bond donors (Lipinski definition) is 3. The molecule has 2 rings (SSSR count). The molecule has 7 nitrogen and oxygen atoms in total. The van der Waals surface area contributed by atoms with Gasteiger partial charge in [-0.05, 0) is 17.7 Å². The minimum absolute atomic E-state index is 0.255. The largest absolute Gasteiger partial charge is 0.337 e. The predicted octanol–water partition coefficient (Wildman–Crippen LogP) is 0.638. The fraction of sp³-hybridized carbons (Fsp3) is 0.308. The third-order valence-corrected chi connectivity index (χ3v) is 2.70. The molecule has 0 aliphatic rings. The van der Waals surface area contributed by atoms with E-state index in [4.69, 9.17) is 5.73 Å². The number of hydrogen-bond acceptors (Lipinski definition) is 4. The predicted molar refractivity (Wildman–Crippen MR) is 76.1 cm³/mol. The molecular formula is C13H18N6O. The zero-order valence-electron chi connectivity index (χ0n) is 11.3. The summed E-state index contributed by atoms with van der Waals surface area (Å²) in [6.45, 7) is 0.926. The van der Waals surface area contributed by atoms with Crippen molar-refractivity contribution in [1.29, 1.82) is 0 Å². The van der Waals surface area contributed by atoms with Crippen molar-refractivity contribution in [2.24, 2.45) is 12.8 Å². The molecule has 4 N–H and O–H groups in total. The van der Waals surface area contributed by atoms with Crippen molar-refractivity contribution in [2.45, 2.75) is 13.0 Å². The van der Waals surface area contributed by atoms with E-state index in [1.807, 2.05) is 24.3 Å². The lowest BCUT2D eigenvalue weighted by Crippen LogP contribution is -2.30. The van der Waals surface area contributed by atoms with Crippen molar-refractivity contribution in [3.8, 4) is 0 Å². The van der Waals surface area contributed by atoms with Crippen LogP contribution >= 0.6 is 0 Å². The molecule has 7 heteroatoms. The van der Waals surface area contributed by atoms with E-state index in [0.29, 0.717) is 25.3 Å². The highest BCUT2D eigenvalue weighted by molar-refractivity contribution is 5.89. The molecule has 0 bridgehead atoms. The van der Waals surface area contributed by atoms with Gasteiger partial charge in [0.05, 0.1) is 0 Å². The monoisotopic (exact) mass is 274 g/mol. The first-order valence-electron chi connectivity index (χ1n) is 6.36. The zero-order chi connectivity index (χ0) is 14.4. The van der Waals surface area contributed by atoms with Gasteiger partial charge in [0, 0.05) is 32.2 Å². The number of rotatable bonds is 5. The summed E-state index contributed by atoms with van der Waals surface area (Å²) in [5, 5.41) is 9.65. The van der Waals surface area contributed by atoms with Crippen molar-refractivity contribution in [2.75, 3.05) is 11.9 Å². The maximum Gasteiger partial charge on any atom is 0.319 e. The molecule has 1 heterocycles. The number of aromatic nitrogens is 3. The second-order valence-electron chi connectivity index (χ2n) is 4.37. The first kappa shape index (κ1) is 14.0. The van der Waals surface area contributed by atoms with Crippen LogP contribution in [0.3, 0.4) is 0 Å². The van der Waals surface area contributed by atoms with Gasteiger partial charge in [0.25, 0.3) is 0 Å². The smallest absolute Gasteiger partial charge is 0.319 e. The summed E-state index contributed by atoms with van der Waals surface area (Å²) in [6.07, 6.45) is 2.23. The van der Waals surface area contributed by atoms with Crippen LogP contribution in [0.1, 0.15) is 11.4 Å². The number of amides is 2. The lowest BCUT2D eigenvalue weighted by Gasteiger charge is -2.07. The van der Waals surface area contributed by atoms with Crippen LogP contribution in [-0.4, -0.2) is 27.3 Å². The van der Waals surface area contributed by atoms with E-state index in [-0.39, 0.29) is 6.03 Å². The Balaban J connectivity index is 1.77. The molecule has 0 aliphatic heterocycles. The number of nitrogens with zero attached hydrogens (tertiary/aromatic N) is 3. The fourth-order valence-corrected chi connectivity index (χ4v) is 1.74. The minimum atomic E-state index is -0.255. The van der Waals surface area contributed by atoms with Crippen LogP contribution in [0.2, 0.25) is 0 Å². The third-order valence-electron chi connectivity index (χ3n) is 2.70. The van der Waals surface area contributed by atoms with E-state index in [0.717, 1.165) is 11.3 Å². The summed E-state index contributed by atoms with van der Waals surface area (Å²) in [7, 11) is 1.81. The van der Waals surface area contributed by atoms with Crippen LogP contribution in [0.4, 0.5) is 10.5 Å². The van der Waals surface area contributed by atoms with Crippen molar-refractivity contribution in [3.05, 3.63) is 42.0 Å². The molecule has 0 aliphatic carbocycles. The molecule has 2 amide bonds. The molecule has 0 spiro atoms. The maximum atomic E-state index is 11.7. The van der Waals surface area contributed by atoms with Crippen molar-refractivity contribution in [1.82, 2.24) is 20.1 Å². The Morgan fingerprint density at radius 2 is 2.30 bits per heavy atom. The number of anilines is 1. The lowest BCUT2D eigenvalue weighted by molar-refractivity contribution is 0.252. The molecule has 0 atom stereocenters. The second kappa shape index (κ2) is 6.67. The number of urea groups is 1. The Bertz CT molecular complexity index is 580. The molecule has 0 unspecified atom stereocenters. The number of benzene rings is 1. The number of nitrogens with one attached hydrogen (secondary N) is 2. The molecule has 0 saturated carbocycles. The molecule has 106 valence electrons. The van der Waals surface area contributed by atoms with Crippen LogP contribution in [-0.2, 0) is 20.0 Å². The molecule has 1 aromatic carbocycles. The Morgan fingerprint density at radius 1 is 1.45 bits per heavy atom. The number of carbonyl (C=O) groups excluding carboxylic acids is 1. The Labute approximate surface area is 117 Å². The molecule has 1 aromatic heterocycles. The van der Waals surface area contributed by atoms with Gasteiger partial charge < -0.3 is 16.4 Å². The average Bonchev–Trinajstić information content (AvgIpc) is 2.84. The summed E-state index contributed by atoms with van der Waals surface area (Å²) in [5.74, 6) is 0.706. The van der Waals surface area contributed by atoms with Crippen molar-refractivity contribution in [3.63, 3.8) is 0 Å². The maximum absolute atomic E-state index is 11.7. The van der Waals surface area contributed by atoms with Crippen molar-refractivity contribution < 1.29 is 4.79 Å². The summed E-state index contributed by atoms with van der Waals surface area (Å²) in [4.78, 5) is 15.8. The van der Waals surface area contributed by atoms with E-state index < -0.39 is 0 Å². The van der Waals surface area contributed by atoms with E-state index in [2.05, 4.69) is 20.7 Å². The first-order valence-corrected chi connectivity index (χ1v) is 6.36. The second-order valence-corrected chi connectivity index (χ2v) is 4.37.